The predicted molar refractivity (Wildman–Crippen MR) is 48.4 cm³/mol. The van der Waals surface area contributed by atoms with E-state index in [4.69, 9.17) is 0 Å². The molecule has 0 saturated carbocycles. The van der Waals surface area contributed by atoms with Crippen LogP contribution in [0, 0.1) is 0 Å². The van der Waals surface area contributed by atoms with E-state index in [1.165, 1.54) is 0 Å². The van der Waals surface area contributed by atoms with Gasteiger partial charge in [0.05, 0.1) is 6.33 Å². The van der Waals surface area contributed by atoms with Gasteiger partial charge in [-0.05, 0) is 6.42 Å². The third kappa shape index (κ3) is 0.898. The molecule has 0 saturated heterocycles. The van der Waals surface area contributed by atoms with Gasteiger partial charge in [-0.3, -0.25) is 0 Å². The summed E-state index contributed by atoms with van der Waals surface area (Å²) < 4.78 is 2.10. The highest BCUT2D eigenvalue weighted by Gasteiger charge is 2.12. The van der Waals surface area contributed by atoms with Crippen LogP contribution in [0.5, 0.6) is 0 Å². The Morgan fingerprint density at radius 3 is 3.31 bits per heavy atom. The molecule has 3 rings (SSSR count). The van der Waals surface area contributed by atoms with E-state index in [9.17, 15) is 0 Å². The Balaban J connectivity index is 2.40. The number of imidazole rings is 1. The topological polar surface area (TPSA) is 55.6 Å². The monoisotopic (exact) mass is 175 g/mol. The van der Waals surface area contributed by atoms with Crippen LogP contribution in [0.2, 0.25) is 0 Å². The van der Waals surface area contributed by atoms with Crippen molar-refractivity contribution >= 4 is 17.0 Å². The highest BCUT2D eigenvalue weighted by atomic mass is 15.2. The molecular weight excluding hydrogens is 166 g/mol. The number of hydrogen-bond donors (Lipinski definition) is 1. The van der Waals surface area contributed by atoms with E-state index in [-0.39, 0.29) is 0 Å². The van der Waals surface area contributed by atoms with Crippen LogP contribution < -0.4 is 5.32 Å². The standard InChI is InChI=1S/C8H9N5/c1-2-9-7-6-8(11-4-10-7)12-5-13(6)3-1/h4-5H,1-3H2,(H,9,10,11). The highest BCUT2D eigenvalue weighted by molar-refractivity contribution is 5.83. The Labute approximate surface area is 74.8 Å². The molecule has 1 N–H and O–H groups in total. The van der Waals surface area contributed by atoms with E-state index in [0.29, 0.717) is 0 Å². The Morgan fingerprint density at radius 2 is 2.31 bits per heavy atom. The number of anilines is 1. The number of nitrogens with one attached hydrogen (secondary N) is 1. The van der Waals surface area contributed by atoms with Crippen molar-refractivity contribution in [3.05, 3.63) is 12.7 Å². The molecule has 5 nitrogen and oxygen atoms in total. The molecular formula is C8H9N5. The molecule has 2 aromatic rings. The summed E-state index contributed by atoms with van der Waals surface area (Å²) in [5, 5.41) is 3.26. The lowest BCUT2D eigenvalue weighted by molar-refractivity contribution is 0.688. The fourth-order valence-corrected chi connectivity index (χ4v) is 1.67. The fourth-order valence-electron chi connectivity index (χ4n) is 1.67. The van der Waals surface area contributed by atoms with Crippen LogP contribution in [0.15, 0.2) is 12.7 Å². The van der Waals surface area contributed by atoms with Gasteiger partial charge in [0.2, 0.25) is 0 Å². The highest BCUT2D eigenvalue weighted by Crippen LogP contribution is 2.20. The Kier molecular flexibility index (Phi) is 1.27. The third-order valence-electron chi connectivity index (χ3n) is 2.28. The summed E-state index contributed by atoms with van der Waals surface area (Å²) in [7, 11) is 0. The first-order valence-corrected chi connectivity index (χ1v) is 4.35. The van der Waals surface area contributed by atoms with Crippen LogP contribution >= 0.6 is 0 Å². The average Bonchev–Trinajstić information content (AvgIpc) is 2.44. The van der Waals surface area contributed by atoms with Crippen molar-refractivity contribution in [2.24, 2.45) is 0 Å². The average molecular weight is 175 g/mol. The molecule has 0 amide bonds. The second-order valence-electron chi connectivity index (χ2n) is 3.11. The maximum absolute atomic E-state index is 4.20. The van der Waals surface area contributed by atoms with E-state index in [1.807, 2.05) is 6.33 Å². The molecule has 3 heterocycles. The normalized spacial score (nSPS) is 15.4. The SMILES string of the molecule is c1nc2c3c(n1)ncn3CCCN2. The van der Waals surface area contributed by atoms with Gasteiger partial charge in [0.15, 0.2) is 11.5 Å². The molecule has 13 heavy (non-hydrogen) atoms. The number of hydrogen-bond acceptors (Lipinski definition) is 4. The van der Waals surface area contributed by atoms with Gasteiger partial charge in [-0.2, -0.15) is 0 Å². The van der Waals surface area contributed by atoms with Gasteiger partial charge >= 0.3 is 0 Å². The first-order valence-electron chi connectivity index (χ1n) is 4.35. The molecule has 0 aliphatic carbocycles. The lowest BCUT2D eigenvalue weighted by atomic mass is 10.4. The van der Waals surface area contributed by atoms with E-state index in [1.54, 1.807) is 6.33 Å². The summed E-state index contributed by atoms with van der Waals surface area (Å²) in [6.45, 7) is 1.96. The summed E-state index contributed by atoms with van der Waals surface area (Å²) in [4.78, 5) is 12.5. The molecule has 0 atom stereocenters. The molecule has 0 aromatic carbocycles. The van der Waals surface area contributed by atoms with Crippen LogP contribution in [-0.4, -0.2) is 26.1 Å². The zero-order chi connectivity index (χ0) is 8.67. The zero-order valence-electron chi connectivity index (χ0n) is 7.06. The lowest BCUT2D eigenvalue weighted by Gasteiger charge is -2.00. The number of aryl methyl sites for hydroxylation is 1. The first kappa shape index (κ1) is 6.82. The van der Waals surface area contributed by atoms with Gasteiger partial charge in [0, 0.05) is 13.1 Å². The van der Waals surface area contributed by atoms with Gasteiger partial charge in [-0.15, -0.1) is 0 Å². The number of nitrogens with zero attached hydrogens (tertiary/aromatic N) is 4. The molecule has 1 aliphatic heterocycles. The molecule has 66 valence electrons. The van der Waals surface area contributed by atoms with Gasteiger partial charge < -0.3 is 9.88 Å². The smallest absolute Gasteiger partial charge is 0.182 e. The van der Waals surface area contributed by atoms with Gasteiger partial charge in [-0.1, -0.05) is 0 Å². The minimum absolute atomic E-state index is 0.777. The summed E-state index contributed by atoms with van der Waals surface area (Å²) in [6, 6.07) is 0. The summed E-state index contributed by atoms with van der Waals surface area (Å²) >= 11 is 0. The molecule has 2 aromatic heterocycles. The minimum atomic E-state index is 0.777. The molecule has 0 bridgehead atoms. The van der Waals surface area contributed by atoms with Crippen molar-refractivity contribution in [3.8, 4) is 0 Å². The maximum Gasteiger partial charge on any atom is 0.182 e. The van der Waals surface area contributed by atoms with E-state index >= 15 is 0 Å². The Bertz CT molecular complexity index is 447. The van der Waals surface area contributed by atoms with Crippen molar-refractivity contribution < 1.29 is 0 Å². The van der Waals surface area contributed by atoms with Crippen molar-refractivity contribution in [3.63, 3.8) is 0 Å². The van der Waals surface area contributed by atoms with Gasteiger partial charge in [0.25, 0.3) is 0 Å². The number of rotatable bonds is 0. The predicted octanol–water partition coefficient (Wildman–Crippen LogP) is 0.642. The minimum Gasteiger partial charge on any atom is -0.368 e. The van der Waals surface area contributed by atoms with Crippen molar-refractivity contribution in [2.75, 3.05) is 11.9 Å². The summed E-state index contributed by atoms with van der Waals surface area (Å²) in [6.07, 6.45) is 4.48. The third-order valence-corrected chi connectivity index (χ3v) is 2.28. The van der Waals surface area contributed by atoms with Gasteiger partial charge in [-0.25, -0.2) is 15.0 Å². The zero-order valence-corrected chi connectivity index (χ0v) is 7.06. The molecule has 0 radical (unpaired) electrons. The summed E-state index contributed by atoms with van der Waals surface area (Å²) in [5.74, 6) is 0.903. The summed E-state index contributed by atoms with van der Waals surface area (Å²) in [5.41, 5.74) is 1.81. The lowest BCUT2D eigenvalue weighted by Crippen LogP contribution is -2.01. The largest absolute Gasteiger partial charge is 0.368 e. The first-order chi connectivity index (χ1) is 6.45. The molecule has 1 aliphatic rings. The van der Waals surface area contributed by atoms with Crippen molar-refractivity contribution in [2.45, 2.75) is 13.0 Å². The van der Waals surface area contributed by atoms with Crippen molar-refractivity contribution in [1.29, 1.82) is 0 Å². The Morgan fingerprint density at radius 1 is 1.31 bits per heavy atom. The Hall–Kier alpha value is -1.65. The molecule has 5 heteroatoms. The molecule has 0 unspecified atom stereocenters. The number of aromatic nitrogens is 4. The van der Waals surface area contributed by atoms with Crippen LogP contribution in [0.25, 0.3) is 11.2 Å². The van der Waals surface area contributed by atoms with Crippen LogP contribution in [0.4, 0.5) is 5.82 Å². The van der Waals surface area contributed by atoms with Crippen LogP contribution in [-0.2, 0) is 6.54 Å². The molecule has 0 fully saturated rings. The maximum atomic E-state index is 4.20. The second-order valence-corrected chi connectivity index (χ2v) is 3.11. The fraction of sp³-hybridized carbons (Fsp3) is 0.375. The van der Waals surface area contributed by atoms with Crippen molar-refractivity contribution in [1.82, 2.24) is 19.5 Å². The quantitative estimate of drug-likeness (QED) is 0.638. The van der Waals surface area contributed by atoms with E-state index in [0.717, 1.165) is 36.5 Å². The second kappa shape index (κ2) is 2.42. The van der Waals surface area contributed by atoms with E-state index < -0.39 is 0 Å². The van der Waals surface area contributed by atoms with Crippen LogP contribution in [0.3, 0.4) is 0 Å². The van der Waals surface area contributed by atoms with E-state index in [2.05, 4.69) is 24.8 Å². The van der Waals surface area contributed by atoms with Gasteiger partial charge in [0.1, 0.15) is 11.8 Å². The molecule has 0 spiro atoms. The van der Waals surface area contributed by atoms with Crippen LogP contribution in [0.1, 0.15) is 6.42 Å².